The van der Waals surface area contributed by atoms with E-state index in [1.807, 2.05) is 35.9 Å². The molecular formula is C15H21ClN6O. The zero-order valence-corrected chi connectivity index (χ0v) is 14.2. The molecule has 1 amide bonds. The number of hydrogen-bond acceptors (Lipinski definition) is 4. The molecule has 0 aliphatic carbocycles. The predicted octanol–water partition coefficient (Wildman–Crippen LogP) is 0.923. The Labute approximate surface area is 140 Å². The van der Waals surface area contributed by atoms with Gasteiger partial charge >= 0.3 is 0 Å². The minimum absolute atomic E-state index is 0.0916. The van der Waals surface area contributed by atoms with E-state index >= 15 is 0 Å². The number of piperazine rings is 1. The van der Waals surface area contributed by atoms with Gasteiger partial charge in [0, 0.05) is 51.5 Å². The first kappa shape index (κ1) is 16.0. The van der Waals surface area contributed by atoms with Crippen LogP contribution in [0.5, 0.6) is 0 Å². The highest BCUT2D eigenvalue weighted by molar-refractivity contribution is 6.31. The second-order valence-corrected chi connectivity index (χ2v) is 6.32. The molecule has 7 nitrogen and oxygen atoms in total. The Bertz CT molecular complexity index is 686. The number of carbonyl (C=O) groups is 1. The number of rotatable bonds is 4. The van der Waals surface area contributed by atoms with Gasteiger partial charge in [0.2, 0.25) is 5.91 Å². The molecular weight excluding hydrogens is 316 g/mol. The molecule has 8 heteroatoms. The van der Waals surface area contributed by atoms with Crippen molar-refractivity contribution in [1.29, 1.82) is 0 Å². The molecule has 23 heavy (non-hydrogen) atoms. The molecule has 1 aliphatic rings. The Kier molecular flexibility index (Phi) is 4.68. The van der Waals surface area contributed by atoms with Crippen molar-refractivity contribution in [2.24, 2.45) is 7.05 Å². The fourth-order valence-corrected chi connectivity index (χ4v) is 2.92. The summed E-state index contributed by atoms with van der Waals surface area (Å²) in [6.45, 7) is 6.23. The standard InChI is InChI=1S/C15H21ClN6O/c1-12-14(16)8-18-22(12)11-15(23)21-5-3-20(4-6-21)10-13-7-17-19(2)9-13/h7-9H,3-6,10-11H2,1-2H3. The Balaban J connectivity index is 1.50. The van der Waals surface area contributed by atoms with E-state index in [4.69, 9.17) is 11.6 Å². The molecule has 0 saturated carbocycles. The van der Waals surface area contributed by atoms with E-state index in [1.165, 1.54) is 5.56 Å². The minimum atomic E-state index is 0.0916. The van der Waals surface area contributed by atoms with Crippen LogP contribution in [0.15, 0.2) is 18.6 Å². The highest BCUT2D eigenvalue weighted by Crippen LogP contribution is 2.14. The molecule has 1 saturated heterocycles. The van der Waals surface area contributed by atoms with Gasteiger partial charge in [0.05, 0.1) is 23.1 Å². The third-order valence-corrected chi connectivity index (χ3v) is 4.59. The molecule has 124 valence electrons. The number of aryl methyl sites for hydroxylation is 1. The SMILES string of the molecule is Cc1c(Cl)cnn1CC(=O)N1CCN(Cc2cnn(C)c2)CC1. The third kappa shape index (κ3) is 3.73. The van der Waals surface area contributed by atoms with Crippen molar-refractivity contribution in [3.05, 3.63) is 34.9 Å². The molecule has 1 aliphatic heterocycles. The van der Waals surface area contributed by atoms with Gasteiger partial charge in [0.25, 0.3) is 0 Å². The van der Waals surface area contributed by atoms with Gasteiger partial charge in [-0.3, -0.25) is 19.1 Å². The molecule has 3 heterocycles. The van der Waals surface area contributed by atoms with Crippen LogP contribution >= 0.6 is 11.6 Å². The lowest BCUT2D eigenvalue weighted by Crippen LogP contribution is -2.49. The van der Waals surface area contributed by atoms with Crippen LogP contribution in [0.3, 0.4) is 0 Å². The van der Waals surface area contributed by atoms with Crippen LogP contribution in [0, 0.1) is 6.92 Å². The molecule has 0 atom stereocenters. The quantitative estimate of drug-likeness (QED) is 0.833. The van der Waals surface area contributed by atoms with E-state index in [1.54, 1.807) is 10.9 Å². The van der Waals surface area contributed by atoms with Crippen LogP contribution in [0.2, 0.25) is 5.02 Å². The summed E-state index contributed by atoms with van der Waals surface area (Å²) in [7, 11) is 1.92. The number of nitrogens with zero attached hydrogens (tertiary/aromatic N) is 6. The van der Waals surface area contributed by atoms with E-state index in [-0.39, 0.29) is 12.5 Å². The van der Waals surface area contributed by atoms with Gasteiger partial charge in [-0.2, -0.15) is 10.2 Å². The fourth-order valence-electron chi connectivity index (χ4n) is 2.78. The van der Waals surface area contributed by atoms with Crippen molar-refractivity contribution in [3.63, 3.8) is 0 Å². The lowest BCUT2D eigenvalue weighted by atomic mass is 10.2. The molecule has 0 N–H and O–H groups in total. The van der Waals surface area contributed by atoms with Crippen molar-refractivity contribution < 1.29 is 4.79 Å². The van der Waals surface area contributed by atoms with Crippen molar-refractivity contribution in [2.45, 2.75) is 20.0 Å². The van der Waals surface area contributed by atoms with Crippen molar-refractivity contribution >= 4 is 17.5 Å². The molecule has 2 aromatic rings. The topological polar surface area (TPSA) is 59.2 Å². The third-order valence-electron chi connectivity index (χ3n) is 4.22. The van der Waals surface area contributed by atoms with Gasteiger partial charge in [0.15, 0.2) is 0 Å². The summed E-state index contributed by atoms with van der Waals surface area (Å²) in [6.07, 6.45) is 5.50. The van der Waals surface area contributed by atoms with Gasteiger partial charge in [0.1, 0.15) is 6.54 Å². The highest BCUT2D eigenvalue weighted by Gasteiger charge is 2.22. The molecule has 3 rings (SSSR count). The van der Waals surface area contributed by atoms with E-state index in [2.05, 4.69) is 15.1 Å². The summed E-state index contributed by atoms with van der Waals surface area (Å²) in [5.41, 5.74) is 2.03. The summed E-state index contributed by atoms with van der Waals surface area (Å²) < 4.78 is 3.47. The molecule has 1 fully saturated rings. The Morgan fingerprint density at radius 2 is 1.96 bits per heavy atom. The number of amides is 1. The molecule has 0 radical (unpaired) electrons. The van der Waals surface area contributed by atoms with Crippen LogP contribution in [0.25, 0.3) is 0 Å². The zero-order chi connectivity index (χ0) is 16.4. The van der Waals surface area contributed by atoms with Crippen LogP contribution in [-0.4, -0.2) is 61.4 Å². The summed E-state index contributed by atoms with van der Waals surface area (Å²) >= 11 is 5.97. The predicted molar refractivity (Wildman–Crippen MR) is 87.0 cm³/mol. The van der Waals surface area contributed by atoms with Crippen LogP contribution in [0.4, 0.5) is 0 Å². The first-order chi connectivity index (χ1) is 11.0. The minimum Gasteiger partial charge on any atom is -0.339 e. The number of halogens is 1. The van der Waals surface area contributed by atoms with Crippen molar-refractivity contribution in [2.75, 3.05) is 26.2 Å². The van der Waals surface area contributed by atoms with Gasteiger partial charge < -0.3 is 4.90 Å². The fraction of sp³-hybridized carbons (Fsp3) is 0.533. The Morgan fingerprint density at radius 3 is 2.52 bits per heavy atom. The monoisotopic (exact) mass is 336 g/mol. The normalized spacial score (nSPS) is 16.0. The summed E-state index contributed by atoms with van der Waals surface area (Å²) in [4.78, 5) is 16.6. The van der Waals surface area contributed by atoms with Gasteiger partial charge in [-0.15, -0.1) is 0 Å². The first-order valence-electron chi connectivity index (χ1n) is 7.68. The van der Waals surface area contributed by atoms with E-state index in [9.17, 15) is 4.79 Å². The second kappa shape index (κ2) is 6.72. The summed E-state index contributed by atoms with van der Waals surface area (Å²) in [6, 6.07) is 0. The first-order valence-corrected chi connectivity index (χ1v) is 8.06. The maximum Gasteiger partial charge on any atom is 0.244 e. The Hall–Kier alpha value is -1.86. The summed E-state index contributed by atoms with van der Waals surface area (Å²) in [5, 5.41) is 8.92. The van der Waals surface area contributed by atoms with E-state index in [0.29, 0.717) is 5.02 Å². The summed E-state index contributed by atoms with van der Waals surface area (Å²) in [5.74, 6) is 0.0916. The highest BCUT2D eigenvalue weighted by atomic mass is 35.5. The van der Waals surface area contributed by atoms with Crippen LogP contribution < -0.4 is 0 Å². The smallest absolute Gasteiger partial charge is 0.244 e. The van der Waals surface area contributed by atoms with Crippen LogP contribution in [0.1, 0.15) is 11.3 Å². The average Bonchev–Trinajstić information content (AvgIpc) is 3.08. The second-order valence-electron chi connectivity index (χ2n) is 5.91. The maximum absolute atomic E-state index is 12.4. The van der Waals surface area contributed by atoms with Crippen molar-refractivity contribution in [3.8, 4) is 0 Å². The number of carbonyl (C=O) groups excluding carboxylic acids is 1. The Morgan fingerprint density at radius 1 is 1.22 bits per heavy atom. The maximum atomic E-state index is 12.4. The molecule has 2 aromatic heterocycles. The number of aromatic nitrogens is 4. The molecule has 0 aromatic carbocycles. The molecule has 0 unspecified atom stereocenters. The van der Waals surface area contributed by atoms with Gasteiger partial charge in [-0.1, -0.05) is 11.6 Å². The molecule has 0 spiro atoms. The zero-order valence-electron chi connectivity index (χ0n) is 13.4. The average molecular weight is 337 g/mol. The lowest BCUT2D eigenvalue weighted by Gasteiger charge is -2.34. The van der Waals surface area contributed by atoms with Gasteiger partial charge in [-0.25, -0.2) is 0 Å². The largest absolute Gasteiger partial charge is 0.339 e. The number of hydrogen-bond donors (Lipinski definition) is 0. The van der Waals surface area contributed by atoms with E-state index < -0.39 is 0 Å². The van der Waals surface area contributed by atoms with Crippen molar-refractivity contribution in [1.82, 2.24) is 29.4 Å². The van der Waals surface area contributed by atoms with Crippen LogP contribution in [-0.2, 0) is 24.9 Å². The molecule has 0 bridgehead atoms. The van der Waals surface area contributed by atoms with Gasteiger partial charge in [-0.05, 0) is 6.92 Å². The lowest BCUT2D eigenvalue weighted by molar-refractivity contribution is -0.133. The van der Waals surface area contributed by atoms with E-state index in [0.717, 1.165) is 38.4 Å².